The van der Waals surface area contributed by atoms with Crippen LogP contribution in [-0.4, -0.2) is 5.75 Å². The molecule has 0 fully saturated rings. The Balaban J connectivity index is 2.68. The second-order valence-electron chi connectivity index (χ2n) is 3.32. The molecule has 1 aromatic carbocycles. The molecule has 0 unspecified atom stereocenters. The van der Waals surface area contributed by atoms with Crippen molar-refractivity contribution in [1.82, 2.24) is 0 Å². The largest absolute Gasteiger partial charge is 0.179 e. The molecule has 0 N–H and O–H groups in total. The minimum absolute atomic E-state index is 0.903. The quantitative estimate of drug-likeness (QED) is 0.703. The summed E-state index contributed by atoms with van der Waals surface area (Å²) in [6.45, 7) is 5.92. The van der Waals surface area contributed by atoms with Crippen LogP contribution in [0, 0.1) is 0 Å². The minimum Gasteiger partial charge on any atom is -0.179 e. The Hall–Kier alpha value is -0.950. The first-order valence-electron chi connectivity index (χ1n) is 4.77. The van der Waals surface area contributed by atoms with Crippen molar-refractivity contribution in [3.05, 3.63) is 48.0 Å². The molecule has 74 valence electrons. The molecular formula is C13H16S. The van der Waals surface area contributed by atoms with Gasteiger partial charge < -0.3 is 0 Å². The molecule has 0 aliphatic rings. The maximum Gasteiger partial charge on any atom is -0.00632 e. The Kier molecular flexibility index (Phi) is 4.54. The van der Waals surface area contributed by atoms with Gasteiger partial charge in [-0.1, -0.05) is 48.6 Å². The van der Waals surface area contributed by atoms with E-state index in [2.05, 4.69) is 55.6 Å². The van der Waals surface area contributed by atoms with Gasteiger partial charge in [-0.25, -0.2) is 0 Å². The lowest BCUT2D eigenvalue weighted by Crippen LogP contribution is -1.78. The highest BCUT2D eigenvalue weighted by atomic mass is 32.1. The number of rotatable bonds is 4. The van der Waals surface area contributed by atoms with E-state index in [1.807, 2.05) is 6.92 Å². The van der Waals surface area contributed by atoms with E-state index in [4.69, 9.17) is 0 Å². The summed E-state index contributed by atoms with van der Waals surface area (Å²) >= 11 is 4.15. The first-order chi connectivity index (χ1) is 6.74. The van der Waals surface area contributed by atoms with Gasteiger partial charge >= 0.3 is 0 Å². The third-order valence-corrected chi connectivity index (χ3v) is 2.27. The standard InChI is InChI=1S/C13H16S/c1-11(2)13-8-6-12(7-9-13)5-3-4-10-14/h3,5-9,14H,1,4,10H2,2H3. The average molecular weight is 204 g/mol. The Morgan fingerprint density at radius 1 is 1.36 bits per heavy atom. The van der Waals surface area contributed by atoms with Crippen molar-refractivity contribution < 1.29 is 0 Å². The molecule has 0 saturated heterocycles. The molecule has 14 heavy (non-hydrogen) atoms. The summed E-state index contributed by atoms with van der Waals surface area (Å²) in [6, 6.07) is 8.42. The van der Waals surface area contributed by atoms with Crippen molar-refractivity contribution in [2.24, 2.45) is 0 Å². The van der Waals surface area contributed by atoms with Gasteiger partial charge in [-0.2, -0.15) is 12.6 Å². The maximum atomic E-state index is 4.15. The molecule has 0 aliphatic carbocycles. The zero-order valence-corrected chi connectivity index (χ0v) is 9.43. The monoisotopic (exact) mass is 204 g/mol. The summed E-state index contributed by atoms with van der Waals surface area (Å²) in [5.41, 5.74) is 3.55. The van der Waals surface area contributed by atoms with E-state index in [9.17, 15) is 0 Å². The lowest BCUT2D eigenvalue weighted by molar-refractivity contribution is 1.26. The van der Waals surface area contributed by atoms with Crippen LogP contribution in [-0.2, 0) is 0 Å². The Morgan fingerprint density at radius 3 is 2.50 bits per heavy atom. The molecule has 1 heteroatoms. The van der Waals surface area contributed by atoms with Crippen LogP contribution in [0.5, 0.6) is 0 Å². The molecule has 0 bridgehead atoms. The van der Waals surface area contributed by atoms with Gasteiger partial charge in [0, 0.05) is 0 Å². The highest BCUT2D eigenvalue weighted by Crippen LogP contribution is 2.13. The molecular weight excluding hydrogens is 188 g/mol. The molecule has 0 radical (unpaired) electrons. The van der Waals surface area contributed by atoms with E-state index < -0.39 is 0 Å². The lowest BCUT2D eigenvalue weighted by atomic mass is 10.1. The van der Waals surface area contributed by atoms with Gasteiger partial charge in [0.15, 0.2) is 0 Å². The van der Waals surface area contributed by atoms with E-state index in [0.29, 0.717) is 0 Å². The number of allylic oxidation sites excluding steroid dienone is 2. The highest BCUT2D eigenvalue weighted by molar-refractivity contribution is 7.80. The van der Waals surface area contributed by atoms with Crippen LogP contribution in [0.1, 0.15) is 24.5 Å². The summed E-state index contributed by atoms with van der Waals surface area (Å²) in [7, 11) is 0. The number of benzene rings is 1. The zero-order valence-electron chi connectivity index (χ0n) is 8.53. The van der Waals surface area contributed by atoms with Crippen molar-refractivity contribution in [3.8, 4) is 0 Å². The SMILES string of the molecule is C=C(C)c1ccc(C=CCCS)cc1. The van der Waals surface area contributed by atoms with Crippen molar-refractivity contribution in [1.29, 1.82) is 0 Å². The fraction of sp³-hybridized carbons (Fsp3) is 0.231. The van der Waals surface area contributed by atoms with Crippen LogP contribution >= 0.6 is 12.6 Å². The first kappa shape index (κ1) is 11.1. The number of hydrogen-bond acceptors (Lipinski definition) is 1. The molecule has 1 rings (SSSR count). The topological polar surface area (TPSA) is 0 Å². The Morgan fingerprint density at radius 2 is 2.00 bits per heavy atom. The molecule has 0 amide bonds. The second kappa shape index (κ2) is 5.71. The number of thiol groups is 1. The molecule has 0 saturated carbocycles. The van der Waals surface area contributed by atoms with Gasteiger partial charge in [-0.3, -0.25) is 0 Å². The molecule has 0 heterocycles. The van der Waals surface area contributed by atoms with Crippen molar-refractivity contribution in [2.75, 3.05) is 5.75 Å². The second-order valence-corrected chi connectivity index (χ2v) is 3.76. The van der Waals surface area contributed by atoms with Gasteiger partial charge in [-0.15, -0.1) is 0 Å². The van der Waals surface area contributed by atoms with Crippen LogP contribution in [0.2, 0.25) is 0 Å². The van der Waals surface area contributed by atoms with Crippen LogP contribution < -0.4 is 0 Å². The number of hydrogen-bond donors (Lipinski definition) is 1. The summed E-state index contributed by atoms with van der Waals surface area (Å²) in [4.78, 5) is 0. The smallest absolute Gasteiger partial charge is 0.00632 e. The maximum absolute atomic E-state index is 4.15. The van der Waals surface area contributed by atoms with Gasteiger partial charge in [0.05, 0.1) is 0 Å². The normalized spacial score (nSPS) is 10.7. The fourth-order valence-corrected chi connectivity index (χ4v) is 1.32. The Bertz CT molecular complexity index is 320. The predicted molar refractivity (Wildman–Crippen MR) is 68.7 cm³/mol. The van der Waals surface area contributed by atoms with Gasteiger partial charge in [0.25, 0.3) is 0 Å². The molecule has 0 atom stereocenters. The Labute approximate surface area is 91.8 Å². The van der Waals surface area contributed by atoms with Gasteiger partial charge in [0.2, 0.25) is 0 Å². The van der Waals surface area contributed by atoms with Crippen molar-refractivity contribution >= 4 is 24.3 Å². The summed E-state index contributed by atoms with van der Waals surface area (Å²) in [6.07, 6.45) is 5.28. The van der Waals surface area contributed by atoms with E-state index >= 15 is 0 Å². The van der Waals surface area contributed by atoms with Crippen LogP contribution in [0.25, 0.3) is 11.6 Å². The van der Waals surface area contributed by atoms with Gasteiger partial charge in [0.1, 0.15) is 0 Å². The molecule has 1 aromatic rings. The van der Waals surface area contributed by atoms with E-state index in [-0.39, 0.29) is 0 Å². The molecule has 0 aliphatic heterocycles. The third-order valence-electron chi connectivity index (χ3n) is 2.01. The van der Waals surface area contributed by atoms with Crippen LogP contribution in [0.3, 0.4) is 0 Å². The summed E-state index contributed by atoms with van der Waals surface area (Å²) in [5, 5.41) is 0. The third kappa shape index (κ3) is 3.43. The summed E-state index contributed by atoms with van der Waals surface area (Å²) < 4.78 is 0. The first-order valence-corrected chi connectivity index (χ1v) is 5.40. The van der Waals surface area contributed by atoms with Crippen molar-refractivity contribution in [2.45, 2.75) is 13.3 Å². The average Bonchev–Trinajstić information content (AvgIpc) is 2.19. The zero-order chi connectivity index (χ0) is 10.4. The van der Waals surface area contributed by atoms with E-state index in [0.717, 1.165) is 17.7 Å². The van der Waals surface area contributed by atoms with Crippen LogP contribution in [0.4, 0.5) is 0 Å². The van der Waals surface area contributed by atoms with Gasteiger partial charge in [-0.05, 0) is 30.2 Å². The lowest BCUT2D eigenvalue weighted by Gasteiger charge is -1.99. The van der Waals surface area contributed by atoms with Crippen molar-refractivity contribution in [3.63, 3.8) is 0 Å². The fourth-order valence-electron chi connectivity index (χ4n) is 1.17. The summed E-state index contributed by atoms with van der Waals surface area (Å²) in [5.74, 6) is 0.903. The minimum atomic E-state index is 0.903. The molecule has 0 nitrogen and oxygen atoms in total. The molecule has 0 aromatic heterocycles. The molecule has 0 spiro atoms. The predicted octanol–water partition coefficient (Wildman–Crippen LogP) is 4.05. The van der Waals surface area contributed by atoms with E-state index in [1.54, 1.807) is 0 Å². The highest BCUT2D eigenvalue weighted by Gasteiger charge is 1.91. The van der Waals surface area contributed by atoms with E-state index in [1.165, 1.54) is 11.1 Å². The van der Waals surface area contributed by atoms with Crippen LogP contribution in [0.15, 0.2) is 36.9 Å².